The Balaban J connectivity index is 1.92. The van der Waals surface area contributed by atoms with Crippen molar-refractivity contribution in [2.24, 2.45) is 5.92 Å². The molecule has 4 nitrogen and oxygen atoms in total. The number of carbonyl (C=O) groups is 1. The molecule has 1 aliphatic rings. The summed E-state index contributed by atoms with van der Waals surface area (Å²) >= 11 is 0. The van der Waals surface area contributed by atoms with E-state index in [0.29, 0.717) is 19.8 Å². The van der Waals surface area contributed by atoms with E-state index in [1.807, 2.05) is 0 Å². The fraction of sp³-hybridized carbons (Fsp3) is 0.500. The maximum Gasteiger partial charge on any atom is 0.433 e. The standard InChI is InChI=1S/C12H13F3N2O2/c13-12(14,15)10-2-1-9(6-16-10)11(18)17-5-8-3-4-19-7-8/h1-2,6,8H,3-5,7H2,(H,17,18). The lowest BCUT2D eigenvalue weighted by molar-refractivity contribution is -0.141. The molecule has 1 atom stereocenters. The Hall–Kier alpha value is -1.63. The number of nitrogens with zero attached hydrogens (tertiary/aromatic N) is 1. The van der Waals surface area contributed by atoms with Gasteiger partial charge in [-0.05, 0) is 18.6 Å². The van der Waals surface area contributed by atoms with E-state index < -0.39 is 17.8 Å². The molecule has 2 rings (SSSR count). The monoisotopic (exact) mass is 274 g/mol. The first-order valence-corrected chi connectivity index (χ1v) is 5.86. The van der Waals surface area contributed by atoms with Gasteiger partial charge in [0.15, 0.2) is 0 Å². The molecule has 0 aromatic carbocycles. The molecule has 1 unspecified atom stereocenters. The van der Waals surface area contributed by atoms with Gasteiger partial charge in [0.2, 0.25) is 0 Å². The summed E-state index contributed by atoms with van der Waals surface area (Å²) in [6, 6.07) is 1.92. The van der Waals surface area contributed by atoms with Gasteiger partial charge in [0.1, 0.15) is 5.69 Å². The molecule has 0 aliphatic carbocycles. The third-order valence-corrected chi connectivity index (χ3v) is 2.89. The molecule has 1 saturated heterocycles. The molecule has 0 saturated carbocycles. The quantitative estimate of drug-likeness (QED) is 0.915. The predicted molar refractivity (Wildman–Crippen MR) is 60.5 cm³/mol. The molecule has 1 aliphatic heterocycles. The van der Waals surface area contributed by atoms with Crippen LogP contribution in [0.2, 0.25) is 0 Å². The first-order valence-electron chi connectivity index (χ1n) is 5.86. The zero-order valence-electron chi connectivity index (χ0n) is 10.0. The zero-order valence-corrected chi connectivity index (χ0v) is 10.0. The molecule has 1 aromatic rings. The Labute approximate surface area is 108 Å². The Bertz CT molecular complexity index is 439. The SMILES string of the molecule is O=C(NCC1CCOC1)c1ccc(C(F)(F)F)nc1. The van der Waals surface area contributed by atoms with E-state index in [1.165, 1.54) is 0 Å². The summed E-state index contributed by atoms with van der Waals surface area (Å²) < 4.78 is 42.0. The number of hydrogen-bond acceptors (Lipinski definition) is 3. The lowest BCUT2D eigenvalue weighted by Gasteiger charge is -2.10. The van der Waals surface area contributed by atoms with E-state index in [-0.39, 0.29) is 11.5 Å². The van der Waals surface area contributed by atoms with Crippen LogP contribution < -0.4 is 5.32 Å². The lowest BCUT2D eigenvalue weighted by atomic mass is 10.1. The first-order chi connectivity index (χ1) is 8.97. The van der Waals surface area contributed by atoms with Crippen LogP contribution >= 0.6 is 0 Å². The summed E-state index contributed by atoms with van der Waals surface area (Å²) in [4.78, 5) is 14.9. The Morgan fingerprint density at radius 1 is 1.47 bits per heavy atom. The van der Waals surface area contributed by atoms with Crippen molar-refractivity contribution in [2.45, 2.75) is 12.6 Å². The normalized spacial score (nSPS) is 19.4. The third kappa shape index (κ3) is 3.66. The van der Waals surface area contributed by atoms with Gasteiger partial charge >= 0.3 is 6.18 Å². The molecule has 1 amide bonds. The van der Waals surface area contributed by atoms with E-state index in [9.17, 15) is 18.0 Å². The number of hydrogen-bond donors (Lipinski definition) is 1. The highest BCUT2D eigenvalue weighted by molar-refractivity contribution is 5.93. The van der Waals surface area contributed by atoms with Gasteiger partial charge in [-0.2, -0.15) is 13.2 Å². The van der Waals surface area contributed by atoms with Crippen LogP contribution in [-0.2, 0) is 10.9 Å². The topological polar surface area (TPSA) is 51.2 Å². The van der Waals surface area contributed by atoms with Crippen LogP contribution in [-0.4, -0.2) is 30.6 Å². The highest BCUT2D eigenvalue weighted by Crippen LogP contribution is 2.27. The smallest absolute Gasteiger partial charge is 0.381 e. The van der Waals surface area contributed by atoms with Crippen molar-refractivity contribution < 1.29 is 22.7 Å². The molecule has 1 aromatic heterocycles. The number of rotatable bonds is 3. The summed E-state index contributed by atoms with van der Waals surface area (Å²) in [5, 5.41) is 2.66. The minimum Gasteiger partial charge on any atom is -0.381 e. The van der Waals surface area contributed by atoms with Crippen molar-refractivity contribution in [1.29, 1.82) is 0 Å². The number of amides is 1. The van der Waals surface area contributed by atoms with E-state index in [1.54, 1.807) is 0 Å². The van der Waals surface area contributed by atoms with Crippen LogP contribution in [0.1, 0.15) is 22.5 Å². The third-order valence-electron chi connectivity index (χ3n) is 2.89. The van der Waals surface area contributed by atoms with E-state index in [2.05, 4.69) is 10.3 Å². The second kappa shape index (κ2) is 5.56. The highest BCUT2D eigenvalue weighted by Gasteiger charge is 2.32. The number of pyridine rings is 1. The van der Waals surface area contributed by atoms with Crippen LogP contribution in [0.3, 0.4) is 0 Å². The first kappa shape index (κ1) is 13.8. The zero-order chi connectivity index (χ0) is 13.9. The molecule has 0 radical (unpaired) electrons. The van der Waals surface area contributed by atoms with Crippen molar-refractivity contribution in [3.8, 4) is 0 Å². The number of carbonyl (C=O) groups excluding carboxylic acids is 1. The Kier molecular flexibility index (Phi) is 4.04. The summed E-state index contributed by atoms with van der Waals surface area (Å²) in [6.45, 7) is 1.74. The molecule has 2 heterocycles. The molecule has 0 spiro atoms. The van der Waals surface area contributed by atoms with E-state index >= 15 is 0 Å². The summed E-state index contributed by atoms with van der Waals surface area (Å²) in [5.41, 5.74) is -0.889. The fourth-order valence-electron chi connectivity index (χ4n) is 1.78. The molecule has 19 heavy (non-hydrogen) atoms. The fourth-order valence-corrected chi connectivity index (χ4v) is 1.78. The molecule has 1 fully saturated rings. The molecular weight excluding hydrogens is 261 g/mol. The van der Waals surface area contributed by atoms with Crippen molar-refractivity contribution in [3.63, 3.8) is 0 Å². The van der Waals surface area contributed by atoms with E-state index in [4.69, 9.17) is 4.74 Å². The number of aromatic nitrogens is 1. The maximum absolute atomic E-state index is 12.3. The van der Waals surface area contributed by atoms with Gasteiger partial charge in [-0.3, -0.25) is 9.78 Å². The second-order valence-electron chi connectivity index (χ2n) is 4.37. The number of alkyl halides is 3. The summed E-state index contributed by atoms with van der Waals surface area (Å²) in [5.74, 6) is -0.153. The maximum atomic E-state index is 12.3. The average molecular weight is 274 g/mol. The van der Waals surface area contributed by atoms with Crippen molar-refractivity contribution in [1.82, 2.24) is 10.3 Å². The highest BCUT2D eigenvalue weighted by atomic mass is 19.4. The minimum atomic E-state index is -4.49. The van der Waals surface area contributed by atoms with E-state index in [0.717, 1.165) is 24.8 Å². The average Bonchev–Trinajstić information content (AvgIpc) is 2.88. The van der Waals surface area contributed by atoms with Crippen molar-refractivity contribution in [2.75, 3.05) is 19.8 Å². The molecule has 7 heteroatoms. The summed E-state index contributed by atoms with van der Waals surface area (Å²) in [6.07, 6.45) is -2.68. The van der Waals surface area contributed by atoms with Gasteiger partial charge in [0.05, 0.1) is 12.2 Å². The van der Waals surface area contributed by atoms with Crippen molar-refractivity contribution >= 4 is 5.91 Å². The number of halogens is 3. The molecule has 104 valence electrons. The molecular formula is C12H13F3N2O2. The minimum absolute atomic E-state index is 0.118. The van der Waals surface area contributed by atoms with Crippen LogP contribution in [0, 0.1) is 5.92 Å². The van der Waals surface area contributed by atoms with Gasteiger partial charge in [0, 0.05) is 25.3 Å². The Morgan fingerprint density at radius 2 is 2.26 bits per heavy atom. The number of nitrogens with one attached hydrogen (secondary N) is 1. The van der Waals surface area contributed by atoms with Gasteiger partial charge in [0.25, 0.3) is 5.91 Å². The molecule has 1 N–H and O–H groups in total. The Morgan fingerprint density at radius 3 is 2.79 bits per heavy atom. The van der Waals surface area contributed by atoms with Crippen LogP contribution in [0.4, 0.5) is 13.2 Å². The van der Waals surface area contributed by atoms with Crippen LogP contribution in [0.25, 0.3) is 0 Å². The van der Waals surface area contributed by atoms with Crippen LogP contribution in [0.5, 0.6) is 0 Å². The second-order valence-corrected chi connectivity index (χ2v) is 4.37. The predicted octanol–water partition coefficient (Wildman–Crippen LogP) is 1.87. The lowest BCUT2D eigenvalue weighted by Crippen LogP contribution is -2.29. The van der Waals surface area contributed by atoms with Gasteiger partial charge in [-0.25, -0.2) is 0 Å². The van der Waals surface area contributed by atoms with Gasteiger partial charge in [-0.1, -0.05) is 0 Å². The largest absolute Gasteiger partial charge is 0.433 e. The van der Waals surface area contributed by atoms with Gasteiger partial charge < -0.3 is 10.1 Å². The van der Waals surface area contributed by atoms with Crippen LogP contribution in [0.15, 0.2) is 18.3 Å². The van der Waals surface area contributed by atoms with Gasteiger partial charge in [-0.15, -0.1) is 0 Å². The number of ether oxygens (including phenoxy) is 1. The molecule has 0 bridgehead atoms. The van der Waals surface area contributed by atoms with Crippen molar-refractivity contribution in [3.05, 3.63) is 29.6 Å². The summed E-state index contributed by atoms with van der Waals surface area (Å²) in [7, 11) is 0.